The first-order chi connectivity index (χ1) is 8.17. The summed E-state index contributed by atoms with van der Waals surface area (Å²) in [5, 5.41) is 16.6. The smallest absolute Gasteiger partial charge is 0.276 e. The summed E-state index contributed by atoms with van der Waals surface area (Å²) >= 11 is 0. The van der Waals surface area contributed by atoms with Crippen molar-refractivity contribution in [2.45, 2.75) is 26.2 Å². The first-order valence-electron chi connectivity index (χ1n) is 5.75. The van der Waals surface area contributed by atoms with Gasteiger partial charge in [-0.1, -0.05) is 19.8 Å². The molecule has 0 aromatic carbocycles. The van der Waals surface area contributed by atoms with Crippen molar-refractivity contribution in [2.75, 3.05) is 24.2 Å². The van der Waals surface area contributed by atoms with Crippen LogP contribution < -0.4 is 10.6 Å². The van der Waals surface area contributed by atoms with Gasteiger partial charge >= 0.3 is 0 Å². The maximum absolute atomic E-state index is 10.7. The van der Waals surface area contributed by atoms with Crippen molar-refractivity contribution in [2.24, 2.45) is 0 Å². The van der Waals surface area contributed by atoms with Gasteiger partial charge in [-0.3, -0.25) is 10.1 Å². The predicted octanol–water partition coefficient (Wildman–Crippen LogP) is 2.63. The van der Waals surface area contributed by atoms with Crippen molar-refractivity contribution < 1.29 is 4.92 Å². The van der Waals surface area contributed by atoms with E-state index in [9.17, 15) is 10.1 Å². The Balaban J connectivity index is 2.70. The standard InChI is InChI=1S/C11H18N4O2/c1-3-4-5-6-13-11-8-9(15(16)17)7-10(12-2)14-11/h7-8H,3-6H2,1-2H3,(H2,12,13,14). The van der Waals surface area contributed by atoms with E-state index in [-0.39, 0.29) is 5.69 Å². The van der Waals surface area contributed by atoms with E-state index < -0.39 is 4.92 Å². The van der Waals surface area contributed by atoms with Crippen molar-refractivity contribution in [3.8, 4) is 0 Å². The van der Waals surface area contributed by atoms with Crippen molar-refractivity contribution in [1.29, 1.82) is 0 Å². The molecule has 1 heterocycles. The Bertz CT molecular complexity index is 382. The predicted molar refractivity (Wildman–Crippen MR) is 68.5 cm³/mol. The first-order valence-corrected chi connectivity index (χ1v) is 5.75. The average Bonchev–Trinajstić information content (AvgIpc) is 2.34. The third-order valence-electron chi connectivity index (χ3n) is 2.36. The van der Waals surface area contributed by atoms with Crippen LogP contribution in [0.1, 0.15) is 26.2 Å². The molecule has 1 rings (SSSR count). The van der Waals surface area contributed by atoms with Crippen LogP contribution >= 0.6 is 0 Å². The van der Waals surface area contributed by atoms with Gasteiger partial charge < -0.3 is 10.6 Å². The third-order valence-corrected chi connectivity index (χ3v) is 2.36. The van der Waals surface area contributed by atoms with Gasteiger partial charge in [-0.25, -0.2) is 4.98 Å². The lowest BCUT2D eigenvalue weighted by molar-refractivity contribution is -0.384. The van der Waals surface area contributed by atoms with Crippen LogP contribution in [0.15, 0.2) is 12.1 Å². The van der Waals surface area contributed by atoms with E-state index in [0.29, 0.717) is 11.6 Å². The number of anilines is 2. The van der Waals surface area contributed by atoms with Crippen LogP contribution in [-0.4, -0.2) is 23.5 Å². The summed E-state index contributed by atoms with van der Waals surface area (Å²) < 4.78 is 0. The largest absolute Gasteiger partial charge is 0.373 e. The van der Waals surface area contributed by atoms with Crippen LogP contribution in [-0.2, 0) is 0 Å². The number of nitro groups is 1. The molecule has 0 spiro atoms. The Hall–Kier alpha value is -1.85. The molecule has 94 valence electrons. The second kappa shape index (κ2) is 6.67. The second-order valence-electron chi connectivity index (χ2n) is 3.74. The highest BCUT2D eigenvalue weighted by Gasteiger charge is 2.10. The highest BCUT2D eigenvalue weighted by molar-refractivity contribution is 5.54. The molecule has 17 heavy (non-hydrogen) atoms. The number of nitrogens with one attached hydrogen (secondary N) is 2. The Labute approximate surface area is 101 Å². The normalized spacial score (nSPS) is 10.0. The van der Waals surface area contributed by atoms with Crippen molar-refractivity contribution in [3.05, 3.63) is 22.2 Å². The van der Waals surface area contributed by atoms with Crippen LogP contribution in [0.4, 0.5) is 17.3 Å². The fraction of sp³-hybridized carbons (Fsp3) is 0.545. The van der Waals surface area contributed by atoms with E-state index in [1.54, 1.807) is 7.05 Å². The fourth-order valence-corrected chi connectivity index (χ4v) is 1.43. The summed E-state index contributed by atoms with van der Waals surface area (Å²) in [6.07, 6.45) is 3.32. The molecular formula is C11H18N4O2. The maximum Gasteiger partial charge on any atom is 0.276 e. The number of rotatable bonds is 7. The van der Waals surface area contributed by atoms with Crippen LogP contribution in [0.2, 0.25) is 0 Å². The number of hydrogen-bond acceptors (Lipinski definition) is 5. The minimum absolute atomic E-state index is 0.0438. The summed E-state index contributed by atoms with van der Waals surface area (Å²) in [6, 6.07) is 2.87. The highest BCUT2D eigenvalue weighted by atomic mass is 16.6. The lowest BCUT2D eigenvalue weighted by atomic mass is 10.2. The number of pyridine rings is 1. The van der Waals surface area contributed by atoms with Crippen molar-refractivity contribution in [3.63, 3.8) is 0 Å². The Morgan fingerprint density at radius 2 is 2.06 bits per heavy atom. The molecule has 0 atom stereocenters. The zero-order chi connectivity index (χ0) is 12.7. The van der Waals surface area contributed by atoms with Gasteiger partial charge in [0.05, 0.1) is 17.1 Å². The van der Waals surface area contributed by atoms with E-state index in [2.05, 4.69) is 22.5 Å². The molecule has 0 aliphatic heterocycles. The molecule has 0 bridgehead atoms. The van der Waals surface area contributed by atoms with Crippen LogP contribution in [0, 0.1) is 10.1 Å². The van der Waals surface area contributed by atoms with Gasteiger partial charge in [-0.15, -0.1) is 0 Å². The molecule has 2 N–H and O–H groups in total. The molecule has 0 saturated carbocycles. The second-order valence-corrected chi connectivity index (χ2v) is 3.74. The molecule has 6 nitrogen and oxygen atoms in total. The van der Waals surface area contributed by atoms with Gasteiger partial charge in [0.2, 0.25) is 0 Å². The van der Waals surface area contributed by atoms with E-state index in [1.807, 2.05) is 0 Å². The maximum atomic E-state index is 10.7. The van der Waals surface area contributed by atoms with E-state index >= 15 is 0 Å². The summed E-state index contributed by atoms with van der Waals surface area (Å²) in [5.74, 6) is 1.04. The van der Waals surface area contributed by atoms with Gasteiger partial charge in [0.1, 0.15) is 11.6 Å². The average molecular weight is 238 g/mol. The lowest BCUT2D eigenvalue weighted by Crippen LogP contribution is -2.05. The SMILES string of the molecule is CCCCCNc1cc([N+](=O)[O-])cc(NC)n1. The monoisotopic (exact) mass is 238 g/mol. The molecule has 1 aromatic heterocycles. The molecule has 0 saturated heterocycles. The van der Waals surface area contributed by atoms with Gasteiger partial charge in [0.15, 0.2) is 0 Å². The minimum Gasteiger partial charge on any atom is -0.373 e. The topological polar surface area (TPSA) is 80.1 Å². The van der Waals surface area contributed by atoms with Crippen LogP contribution in [0.25, 0.3) is 0 Å². The molecule has 0 aliphatic rings. The summed E-state index contributed by atoms with van der Waals surface area (Å²) in [4.78, 5) is 14.5. The van der Waals surface area contributed by atoms with Crippen LogP contribution in [0.5, 0.6) is 0 Å². The van der Waals surface area contributed by atoms with Crippen molar-refractivity contribution >= 4 is 17.3 Å². The van der Waals surface area contributed by atoms with E-state index in [1.165, 1.54) is 12.1 Å². The van der Waals surface area contributed by atoms with Crippen LogP contribution in [0.3, 0.4) is 0 Å². The molecule has 6 heteroatoms. The Morgan fingerprint density at radius 3 is 2.65 bits per heavy atom. The number of hydrogen-bond donors (Lipinski definition) is 2. The molecule has 1 aromatic rings. The Kier molecular flexibility index (Phi) is 5.19. The quantitative estimate of drug-likeness (QED) is 0.433. The molecular weight excluding hydrogens is 220 g/mol. The van der Waals surface area contributed by atoms with E-state index in [4.69, 9.17) is 0 Å². The lowest BCUT2D eigenvalue weighted by Gasteiger charge is -2.07. The number of unbranched alkanes of at least 4 members (excludes halogenated alkanes) is 2. The molecule has 0 unspecified atom stereocenters. The van der Waals surface area contributed by atoms with E-state index in [0.717, 1.165) is 25.8 Å². The third kappa shape index (κ3) is 4.26. The highest BCUT2D eigenvalue weighted by Crippen LogP contribution is 2.20. The summed E-state index contributed by atoms with van der Waals surface area (Å²) in [6.45, 7) is 2.91. The van der Waals surface area contributed by atoms with Gasteiger partial charge in [0.25, 0.3) is 5.69 Å². The molecule has 0 radical (unpaired) electrons. The molecule has 0 fully saturated rings. The van der Waals surface area contributed by atoms with Crippen molar-refractivity contribution in [1.82, 2.24) is 4.98 Å². The zero-order valence-corrected chi connectivity index (χ0v) is 10.2. The number of aromatic nitrogens is 1. The first kappa shape index (κ1) is 13.2. The van der Waals surface area contributed by atoms with Gasteiger partial charge in [-0.2, -0.15) is 0 Å². The Morgan fingerprint density at radius 1 is 1.35 bits per heavy atom. The minimum atomic E-state index is -0.417. The molecule has 0 aliphatic carbocycles. The van der Waals surface area contributed by atoms with Gasteiger partial charge in [0, 0.05) is 13.6 Å². The number of nitrogens with zero attached hydrogens (tertiary/aromatic N) is 2. The fourth-order valence-electron chi connectivity index (χ4n) is 1.43. The zero-order valence-electron chi connectivity index (χ0n) is 10.2. The molecule has 0 amide bonds. The summed E-state index contributed by atoms with van der Waals surface area (Å²) in [7, 11) is 1.69. The summed E-state index contributed by atoms with van der Waals surface area (Å²) in [5.41, 5.74) is 0.0438. The van der Waals surface area contributed by atoms with Gasteiger partial charge in [-0.05, 0) is 6.42 Å².